The van der Waals surface area contributed by atoms with Gasteiger partial charge in [0, 0.05) is 16.5 Å². The Kier molecular flexibility index (Phi) is 4.35. The molecule has 0 amide bonds. The van der Waals surface area contributed by atoms with Crippen LogP contribution in [-0.2, 0) is 0 Å². The predicted octanol–water partition coefficient (Wildman–Crippen LogP) is 1.88. The fourth-order valence-corrected chi connectivity index (χ4v) is 1.38. The molecule has 1 rings (SSSR count). The Morgan fingerprint density at radius 2 is 2.20 bits per heavy atom. The van der Waals surface area contributed by atoms with E-state index in [1.165, 1.54) is 6.07 Å². The van der Waals surface area contributed by atoms with E-state index < -0.39 is 5.97 Å². The molecule has 0 atom stereocenters. The van der Waals surface area contributed by atoms with Gasteiger partial charge in [0.25, 0.3) is 0 Å². The zero-order valence-corrected chi connectivity index (χ0v) is 9.41. The molecule has 1 aromatic rings. The largest absolute Gasteiger partial charge is 0.478 e. The first-order valence-electron chi connectivity index (χ1n) is 4.27. The van der Waals surface area contributed by atoms with Crippen LogP contribution < -0.4 is 0 Å². The van der Waals surface area contributed by atoms with Crippen LogP contribution in [0, 0.1) is 11.8 Å². The normalized spacial score (nSPS) is 9.20. The highest BCUT2D eigenvalue weighted by molar-refractivity contribution is 9.10. The van der Waals surface area contributed by atoms with Gasteiger partial charge in [0.2, 0.25) is 0 Å². The predicted molar refractivity (Wildman–Crippen MR) is 59.7 cm³/mol. The summed E-state index contributed by atoms with van der Waals surface area (Å²) < 4.78 is 0.779. The molecule has 1 aromatic carbocycles. The molecule has 0 spiro atoms. The lowest BCUT2D eigenvalue weighted by Gasteiger charge is -1.99. The summed E-state index contributed by atoms with van der Waals surface area (Å²) in [5.74, 6) is 4.40. The van der Waals surface area contributed by atoms with Crippen molar-refractivity contribution in [2.75, 3.05) is 6.61 Å². The van der Waals surface area contributed by atoms with Crippen molar-refractivity contribution in [1.29, 1.82) is 0 Å². The van der Waals surface area contributed by atoms with Gasteiger partial charge < -0.3 is 10.2 Å². The molecule has 0 aromatic heterocycles. The lowest BCUT2D eigenvalue weighted by Crippen LogP contribution is -1.99. The SMILES string of the molecule is O=C(O)c1ccc(Br)cc1C#CCCO. The summed E-state index contributed by atoms with van der Waals surface area (Å²) in [6.45, 7) is -0.0244. The molecule has 78 valence electrons. The summed E-state index contributed by atoms with van der Waals surface area (Å²) in [6.07, 6.45) is 0.339. The van der Waals surface area contributed by atoms with Crippen molar-refractivity contribution in [2.24, 2.45) is 0 Å². The molecule has 3 nitrogen and oxygen atoms in total. The monoisotopic (exact) mass is 268 g/mol. The minimum Gasteiger partial charge on any atom is -0.478 e. The first kappa shape index (κ1) is 11.8. The Bertz CT molecular complexity index is 429. The number of rotatable bonds is 2. The highest BCUT2D eigenvalue weighted by atomic mass is 79.9. The topological polar surface area (TPSA) is 57.5 Å². The molecule has 0 saturated carbocycles. The maximum absolute atomic E-state index is 10.8. The molecule has 0 aliphatic heterocycles. The highest BCUT2D eigenvalue weighted by Crippen LogP contribution is 2.15. The van der Waals surface area contributed by atoms with Crippen molar-refractivity contribution in [3.63, 3.8) is 0 Å². The third kappa shape index (κ3) is 3.39. The summed E-state index contributed by atoms with van der Waals surface area (Å²) in [6, 6.07) is 4.80. The molecule has 0 saturated heterocycles. The second-order valence-corrected chi connectivity index (χ2v) is 3.69. The molecular formula is C11H9BrO3. The van der Waals surface area contributed by atoms with Crippen LogP contribution in [0.4, 0.5) is 0 Å². The number of aliphatic hydroxyl groups excluding tert-OH is 1. The van der Waals surface area contributed by atoms with E-state index in [0.29, 0.717) is 12.0 Å². The fraction of sp³-hybridized carbons (Fsp3) is 0.182. The Morgan fingerprint density at radius 3 is 2.80 bits per heavy atom. The molecule has 0 aliphatic carbocycles. The molecule has 0 aliphatic rings. The van der Waals surface area contributed by atoms with Crippen LogP contribution in [0.2, 0.25) is 0 Å². The van der Waals surface area contributed by atoms with Crippen LogP contribution in [-0.4, -0.2) is 22.8 Å². The minimum atomic E-state index is -1.00. The van der Waals surface area contributed by atoms with E-state index in [1.54, 1.807) is 12.1 Å². The van der Waals surface area contributed by atoms with Gasteiger partial charge in [-0.2, -0.15) is 0 Å². The number of carboxylic acids is 1. The number of hydrogen-bond donors (Lipinski definition) is 2. The maximum atomic E-state index is 10.8. The van der Waals surface area contributed by atoms with Crippen molar-refractivity contribution >= 4 is 21.9 Å². The third-order valence-electron chi connectivity index (χ3n) is 1.67. The van der Waals surface area contributed by atoms with Crippen molar-refractivity contribution in [3.05, 3.63) is 33.8 Å². The van der Waals surface area contributed by atoms with E-state index in [2.05, 4.69) is 27.8 Å². The Balaban J connectivity index is 3.09. The van der Waals surface area contributed by atoms with Crippen molar-refractivity contribution < 1.29 is 15.0 Å². The van der Waals surface area contributed by atoms with Gasteiger partial charge in [0.1, 0.15) is 0 Å². The van der Waals surface area contributed by atoms with Crippen molar-refractivity contribution in [2.45, 2.75) is 6.42 Å². The van der Waals surface area contributed by atoms with Gasteiger partial charge >= 0.3 is 5.97 Å². The fourth-order valence-electron chi connectivity index (χ4n) is 1.02. The van der Waals surface area contributed by atoms with E-state index >= 15 is 0 Å². The second-order valence-electron chi connectivity index (χ2n) is 2.77. The summed E-state index contributed by atoms with van der Waals surface area (Å²) in [5.41, 5.74) is 0.619. The van der Waals surface area contributed by atoms with E-state index in [1.807, 2.05) is 0 Å². The van der Waals surface area contributed by atoms with Crippen LogP contribution in [0.3, 0.4) is 0 Å². The molecule has 15 heavy (non-hydrogen) atoms. The molecule has 0 radical (unpaired) electrons. The molecule has 0 heterocycles. The van der Waals surface area contributed by atoms with Crippen LogP contribution in [0.15, 0.2) is 22.7 Å². The summed E-state index contributed by atoms with van der Waals surface area (Å²) >= 11 is 3.24. The summed E-state index contributed by atoms with van der Waals surface area (Å²) in [5, 5.41) is 17.4. The lowest BCUT2D eigenvalue weighted by atomic mass is 10.1. The second kappa shape index (κ2) is 5.54. The molecule has 0 bridgehead atoms. The molecule has 4 heteroatoms. The van der Waals surface area contributed by atoms with E-state index in [9.17, 15) is 4.79 Å². The summed E-state index contributed by atoms with van der Waals surface area (Å²) in [7, 11) is 0. The van der Waals surface area contributed by atoms with E-state index in [-0.39, 0.29) is 12.2 Å². The smallest absolute Gasteiger partial charge is 0.336 e. The van der Waals surface area contributed by atoms with Gasteiger partial charge in [0.05, 0.1) is 12.2 Å². The average Bonchev–Trinajstić information content (AvgIpc) is 2.18. The number of carbonyl (C=O) groups is 1. The molecule has 0 fully saturated rings. The van der Waals surface area contributed by atoms with E-state index in [4.69, 9.17) is 10.2 Å². The van der Waals surface area contributed by atoms with Gasteiger partial charge in [0.15, 0.2) is 0 Å². The molecular weight excluding hydrogens is 260 g/mol. The number of aromatic carboxylic acids is 1. The van der Waals surface area contributed by atoms with Gasteiger partial charge in [-0.3, -0.25) is 0 Å². The number of carboxylic acid groups (broad SMARTS) is 1. The zero-order valence-electron chi connectivity index (χ0n) is 7.83. The van der Waals surface area contributed by atoms with E-state index in [0.717, 1.165) is 4.47 Å². The highest BCUT2D eigenvalue weighted by Gasteiger charge is 2.07. The Hall–Kier alpha value is -1.31. The zero-order chi connectivity index (χ0) is 11.3. The van der Waals surface area contributed by atoms with Crippen LogP contribution in [0.5, 0.6) is 0 Å². The average molecular weight is 269 g/mol. The number of benzene rings is 1. The minimum absolute atomic E-state index is 0.0244. The summed E-state index contributed by atoms with van der Waals surface area (Å²) in [4.78, 5) is 10.8. The first-order chi connectivity index (χ1) is 7.15. The van der Waals surface area contributed by atoms with Gasteiger partial charge in [-0.15, -0.1) is 0 Å². The molecule has 2 N–H and O–H groups in total. The maximum Gasteiger partial charge on any atom is 0.336 e. The Morgan fingerprint density at radius 1 is 1.47 bits per heavy atom. The number of halogens is 1. The first-order valence-corrected chi connectivity index (χ1v) is 5.07. The van der Waals surface area contributed by atoms with Gasteiger partial charge in [-0.05, 0) is 18.2 Å². The van der Waals surface area contributed by atoms with Crippen LogP contribution >= 0.6 is 15.9 Å². The van der Waals surface area contributed by atoms with Crippen molar-refractivity contribution in [3.8, 4) is 11.8 Å². The quantitative estimate of drug-likeness (QED) is 0.806. The third-order valence-corrected chi connectivity index (χ3v) is 2.17. The number of aliphatic hydroxyl groups is 1. The van der Waals surface area contributed by atoms with Gasteiger partial charge in [-0.25, -0.2) is 4.79 Å². The van der Waals surface area contributed by atoms with Crippen molar-refractivity contribution in [1.82, 2.24) is 0 Å². The Labute approximate surface area is 95.9 Å². The lowest BCUT2D eigenvalue weighted by molar-refractivity contribution is 0.0696. The van der Waals surface area contributed by atoms with Crippen LogP contribution in [0.1, 0.15) is 22.3 Å². The molecule has 0 unspecified atom stereocenters. The van der Waals surface area contributed by atoms with Crippen LogP contribution in [0.25, 0.3) is 0 Å². The standard InChI is InChI=1S/C11H9BrO3/c12-9-4-5-10(11(14)15)8(7-9)3-1-2-6-13/h4-5,7,13H,2,6H2,(H,14,15). The van der Waals surface area contributed by atoms with Gasteiger partial charge in [-0.1, -0.05) is 27.8 Å². The number of hydrogen-bond acceptors (Lipinski definition) is 2.